The number of carbonyl (C=O) groups excluding carboxylic acids is 1. The second-order valence-electron chi connectivity index (χ2n) is 4.07. The fraction of sp³-hybridized carbons (Fsp3) is 0.333. The maximum Gasteiger partial charge on any atom is 0.325 e. The van der Waals surface area contributed by atoms with Gasteiger partial charge in [-0.3, -0.25) is 4.90 Å². The lowest BCUT2D eigenvalue weighted by Crippen LogP contribution is -2.36. The summed E-state index contributed by atoms with van der Waals surface area (Å²) in [6.07, 6.45) is 0. The molecule has 0 saturated carbocycles. The zero-order valence-corrected chi connectivity index (χ0v) is 11.6. The van der Waals surface area contributed by atoms with E-state index in [0.717, 1.165) is 16.0 Å². The van der Waals surface area contributed by atoms with Crippen LogP contribution < -0.4 is 9.64 Å². The summed E-state index contributed by atoms with van der Waals surface area (Å²) < 4.78 is 6.19. The van der Waals surface area contributed by atoms with Crippen molar-refractivity contribution in [2.24, 2.45) is 0 Å². The number of fused-ring (bicyclic) bond motifs is 1. The Hall–Kier alpha value is -1.82. The first-order valence-corrected chi connectivity index (χ1v) is 6.24. The van der Waals surface area contributed by atoms with Crippen LogP contribution in [-0.4, -0.2) is 44.2 Å². The predicted molar refractivity (Wildman–Crippen MR) is 73.7 cm³/mol. The topological polar surface area (TPSA) is 45.7 Å². The van der Waals surface area contributed by atoms with Crippen molar-refractivity contribution in [3.05, 3.63) is 18.2 Å². The fourth-order valence-electron chi connectivity index (χ4n) is 1.55. The van der Waals surface area contributed by atoms with Gasteiger partial charge in [0, 0.05) is 27.2 Å². The number of benzene rings is 1. The molecular formula is C12H15N3O2S. The molecule has 0 radical (unpaired) electrons. The van der Waals surface area contributed by atoms with Crippen molar-refractivity contribution in [3.8, 4) is 5.75 Å². The number of methoxy groups -OCH3 is 1. The van der Waals surface area contributed by atoms with Crippen LogP contribution in [0.1, 0.15) is 0 Å². The van der Waals surface area contributed by atoms with Crippen molar-refractivity contribution in [2.45, 2.75) is 0 Å². The van der Waals surface area contributed by atoms with Crippen LogP contribution in [0.25, 0.3) is 10.2 Å². The number of rotatable bonds is 2. The largest absolute Gasteiger partial charge is 0.497 e. The molecule has 6 heteroatoms. The van der Waals surface area contributed by atoms with Gasteiger partial charge in [0.05, 0.1) is 17.3 Å². The van der Waals surface area contributed by atoms with E-state index in [1.807, 2.05) is 18.2 Å². The maximum atomic E-state index is 11.8. The smallest absolute Gasteiger partial charge is 0.325 e. The number of nitrogens with zero attached hydrogens (tertiary/aromatic N) is 3. The molecule has 18 heavy (non-hydrogen) atoms. The molecule has 0 aliphatic carbocycles. The van der Waals surface area contributed by atoms with Crippen molar-refractivity contribution in [1.82, 2.24) is 9.88 Å². The van der Waals surface area contributed by atoms with Gasteiger partial charge in [0.2, 0.25) is 0 Å². The predicted octanol–water partition coefficient (Wildman–Crippen LogP) is 2.42. The highest BCUT2D eigenvalue weighted by atomic mass is 32.1. The summed E-state index contributed by atoms with van der Waals surface area (Å²) in [5.41, 5.74) is 0.841. The first-order valence-electron chi connectivity index (χ1n) is 5.42. The average Bonchev–Trinajstić information content (AvgIpc) is 2.79. The number of thiazole rings is 1. The monoisotopic (exact) mass is 265 g/mol. The molecule has 1 heterocycles. The molecule has 1 aromatic heterocycles. The molecule has 96 valence electrons. The molecule has 0 aliphatic heterocycles. The van der Waals surface area contributed by atoms with Gasteiger partial charge in [-0.1, -0.05) is 11.3 Å². The molecule has 0 bridgehead atoms. The fourth-order valence-corrected chi connectivity index (χ4v) is 2.45. The summed E-state index contributed by atoms with van der Waals surface area (Å²) in [7, 11) is 6.78. The van der Waals surface area contributed by atoms with Crippen LogP contribution in [0.5, 0.6) is 5.75 Å². The van der Waals surface area contributed by atoms with Gasteiger partial charge in [-0.15, -0.1) is 0 Å². The van der Waals surface area contributed by atoms with Gasteiger partial charge in [0.15, 0.2) is 5.13 Å². The highest BCUT2D eigenvalue weighted by molar-refractivity contribution is 7.22. The minimum atomic E-state index is -0.0963. The van der Waals surface area contributed by atoms with Gasteiger partial charge in [-0.25, -0.2) is 9.78 Å². The van der Waals surface area contributed by atoms with Crippen LogP contribution in [0.15, 0.2) is 18.2 Å². The van der Waals surface area contributed by atoms with Crippen molar-refractivity contribution >= 4 is 32.7 Å². The third-order valence-corrected chi connectivity index (χ3v) is 3.65. The number of urea groups is 1. The molecule has 0 aliphatic rings. The summed E-state index contributed by atoms with van der Waals surface area (Å²) >= 11 is 1.48. The van der Waals surface area contributed by atoms with E-state index >= 15 is 0 Å². The molecule has 0 atom stereocenters. The molecule has 5 nitrogen and oxygen atoms in total. The third-order valence-electron chi connectivity index (χ3n) is 2.54. The second-order valence-corrected chi connectivity index (χ2v) is 5.08. The number of anilines is 1. The SMILES string of the molecule is COc1ccc2sc(N(C)C(=O)N(C)C)nc2c1. The van der Waals surface area contributed by atoms with E-state index in [0.29, 0.717) is 5.13 Å². The third kappa shape index (κ3) is 2.24. The quantitative estimate of drug-likeness (QED) is 0.837. The lowest BCUT2D eigenvalue weighted by Gasteiger charge is -2.18. The molecule has 2 rings (SSSR count). The summed E-state index contributed by atoms with van der Waals surface area (Å²) in [6.45, 7) is 0. The first-order chi connectivity index (χ1) is 8.52. The van der Waals surface area contributed by atoms with Crippen LogP contribution >= 0.6 is 11.3 Å². The van der Waals surface area contributed by atoms with E-state index in [2.05, 4.69) is 4.98 Å². The summed E-state index contributed by atoms with van der Waals surface area (Å²) in [5.74, 6) is 0.765. The standard InChI is InChI=1S/C12H15N3O2S/c1-14(2)12(16)15(3)11-13-9-7-8(17-4)5-6-10(9)18-11/h5-7H,1-4H3. The zero-order chi connectivity index (χ0) is 13.3. The van der Waals surface area contributed by atoms with E-state index in [1.54, 1.807) is 28.3 Å². The minimum Gasteiger partial charge on any atom is -0.497 e. The highest BCUT2D eigenvalue weighted by Crippen LogP contribution is 2.30. The molecular weight excluding hydrogens is 250 g/mol. The number of hydrogen-bond donors (Lipinski definition) is 0. The van der Waals surface area contributed by atoms with Crippen molar-refractivity contribution in [3.63, 3.8) is 0 Å². The van der Waals surface area contributed by atoms with Gasteiger partial charge < -0.3 is 9.64 Å². The Morgan fingerprint density at radius 3 is 2.67 bits per heavy atom. The lowest BCUT2D eigenvalue weighted by molar-refractivity contribution is 0.225. The molecule has 2 amide bonds. The average molecular weight is 265 g/mol. The van der Waals surface area contributed by atoms with Crippen molar-refractivity contribution in [1.29, 1.82) is 0 Å². The summed E-state index contributed by atoms with van der Waals surface area (Å²) in [4.78, 5) is 19.3. The molecule has 0 unspecified atom stereocenters. The molecule has 2 aromatic rings. The maximum absolute atomic E-state index is 11.8. The Morgan fingerprint density at radius 1 is 1.33 bits per heavy atom. The van der Waals surface area contributed by atoms with E-state index in [9.17, 15) is 4.79 Å². The molecule has 0 fully saturated rings. The minimum absolute atomic E-state index is 0.0963. The van der Waals surface area contributed by atoms with Crippen LogP contribution in [0, 0.1) is 0 Å². The number of amides is 2. The van der Waals surface area contributed by atoms with E-state index in [1.165, 1.54) is 21.1 Å². The van der Waals surface area contributed by atoms with Crippen molar-refractivity contribution < 1.29 is 9.53 Å². The van der Waals surface area contributed by atoms with Gasteiger partial charge in [0.1, 0.15) is 5.75 Å². The summed E-state index contributed by atoms with van der Waals surface area (Å²) in [6, 6.07) is 5.60. The van der Waals surface area contributed by atoms with E-state index < -0.39 is 0 Å². The van der Waals surface area contributed by atoms with Crippen LogP contribution in [0.2, 0.25) is 0 Å². The molecule has 0 saturated heterocycles. The molecule has 0 N–H and O–H groups in total. The van der Waals surface area contributed by atoms with Crippen LogP contribution in [0.3, 0.4) is 0 Å². The van der Waals surface area contributed by atoms with Gasteiger partial charge >= 0.3 is 6.03 Å². The normalized spacial score (nSPS) is 10.4. The Kier molecular flexibility index (Phi) is 3.38. The Morgan fingerprint density at radius 2 is 2.06 bits per heavy atom. The highest BCUT2D eigenvalue weighted by Gasteiger charge is 2.16. The second kappa shape index (κ2) is 4.81. The first kappa shape index (κ1) is 12.6. The van der Waals surface area contributed by atoms with Gasteiger partial charge in [-0.05, 0) is 12.1 Å². The Labute approximate surface area is 110 Å². The lowest BCUT2D eigenvalue weighted by atomic mass is 10.3. The summed E-state index contributed by atoms with van der Waals surface area (Å²) in [5, 5.41) is 0.678. The van der Waals surface area contributed by atoms with Crippen molar-refractivity contribution in [2.75, 3.05) is 33.2 Å². The number of carbonyl (C=O) groups is 1. The Balaban J connectivity index is 2.38. The number of ether oxygens (including phenoxy) is 1. The van der Waals surface area contributed by atoms with E-state index in [-0.39, 0.29) is 6.03 Å². The molecule has 0 spiro atoms. The zero-order valence-electron chi connectivity index (χ0n) is 10.8. The van der Waals surface area contributed by atoms with Crippen LogP contribution in [0.4, 0.5) is 9.93 Å². The Bertz CT molecular complexity index is 580. The van der Waals surface area contributed by atoms with Gasteiger partial charge in [0.25, 0.3) is 0 Å². The van der Waals surface area contributed by atoms with Crippen LogP contribution in [-0.2, 0) is 0 Å². The number of aromatic nitrogens is 1. The van der Waals surface area contributed by atoms with Gasteiger partial charge in [-0.2, -0.15) is 0 Å². The molecule has 1 aromatic carbocycles. The van der Waals surface area contributed by atoms with E-state index in [4.69, 9.17) is 4.74 Å². The number of hydrogen-bond acceptors (Lipinski definition) is 4.